The number of carbonyl (C=O) groups excluding carboxylic acids is 1. The van der Waals surface area contributed by atoms with Crippen LogP contribution in [0.2, 0.25) is 0 Å². The lowest BCUT2D eigenvalue weighted by Crippen LogP contribution is -2.45. The predicted molar refractivity (Wildman–Crippen MR) is 43.1 cm³/mol. The van der Waals surface area contributed by atoms with Crippen LogP contribution in [0.1, 0.15) is 12.8 Å². The SMILES string of the molecule is NC(=O)CN[C@@H]1CCCNC1. The molecule has 0 aromatic carbocycles. The second-order valence-electron chi connectivity index (χ2n) is 2.89. The summed E-state index contributed by atoms with van der Waals surface area (Å²) >= 11 is 0. The Morgan fingerprint density at radius 2 is 2.55 bits per heavy atom. The fraction of sp³-hybridized carbons (Fsp3) is 0.857. The van der Waals surface area contributed by atoms with Crippen LogP contribution in [0.5, 0.6) is 0 Å². The van der Waals surface area contributed by atoms with Crippen LogP contribution in [0.25, 0.3) is 0 Å². The van der Waals surface area contributed by atoms with Gasteiger partial charge in [0.05, 0.1) is 6.54 Å². The Labute approximate surface area is 66.5 Å². The third-order valence-corrected chi connectivity index (χ3v) is 1.86. The van der Waals surface area contributed by atoms with E-state index < -0.39 is 0 Å². The molecule has 4 N–H and O–H groups in total. The first-order chi connectivity index (χ1) is 5.29. The maximum atomic E-state index is 10.4. The summed E-state index contributed by atoms with van der Waals surface area (Å²) in [6.45, 7) is 2.34. The number of hydrogen-bond acceptors (Lipinski definition) is 3. The molecule has 1 heterocycles. The van der Waals surface area contributed by atoms with Crippen molar-refractivity contribution in [3.8, 4) is 0 Å². The van der Waals surface area contributed by atoms with Crippen LogP contribution < -0.4 is 16.4 Å². The molecule has 11 heavy (non-hydrogen) atoms. The molecule has 0 saturated carbocycles. The van der Waals surface area contributed by atoms with Gasteiger partial charge in [-0.05, 0) is 19.4 Å². The first-order valence-corrected chi connectivity index (χ1v) is 4.01. The van der Waals surface area contributed by atoms with E-state index in [0.29, 0.717) is 12.6 Å². The lowest BCUT2D eigenvalue weighted by molar-refractivity contribution is -0.117. The third-order valence-electron chi connectivity index (χ3n) is 1.86. The minimum atomic E-state index is -0.282. The van der Waals surface area contributed by atoms with Gasteiger partial charge < -0.3 is 16.4 Å². The maximum Gasteiger partial charge on any atom is 0.231 e. The van der Waals surface area contributed by atoms with Crippen molar-refractivity contribution < 1.29 is 4.79 Å². The average molecular weight is 157 g/mol. The normalized spacial score (nSPS) is 24.9. The third kappa shape index (κ3) is 3.34. The highest BCUT2D eigenvalue weighted by molar-refractivity contribution is 5.75. The molecule has 0 radical (unpaired) electrons. The summed E-state index contributed by atoms with van der Waals surface area (Å²) in [5.74, 6) is -0.282. The van der Waals surface area contributed by atoms with E-state index in [4.69, 9.17) is 5.73 Å². The minimum absolute atomic E-state index is 0.282. The van der Waals surface area contributed by atoms with Gasteiger partial charge in [0.15, 0.2) is 0 Å². The van der Waals surface area contributed by atoms with Crippen molar-refractivity contribution >= 4 is 5.91 Å². The number of primary amides is 1. The molecule has 1 rings (SSSR count). The second kappa shape index (κ2) is 4.31. The number of nitrogens with one attached hydrogen (secondary N) is 2. The van der Waals surface area contributed by atoms with E-state index in [1.807, 2.05) is 0 Å². The van der Waals surface area contributed by atoms with Gasteiger partial charge in [-0.15, -0.1) is 0 Å². The van der Waals surface area contributed by atoms with Gasteiger partial charge in [0, 0.05) is 12.6 Å². The van der Waals surface area contributed by atoms with Gasteiger partial charge in [-0.2, -0.15) is 0 Å². The van der Waals surface area contributed by atoms with Gasteiger partial charge in [0.1, 0.15) is 0 Å². The quantitative estimate of drug-likeness (QED) is 0.483. The molecule has 1 atom stereocenters. The van der Waals surface area contributed by atoms with Crippen LogP contribution in [0.3, 0.4) is 0 Å². The zero-order valence-electron chi connectivity index (χ0n) is 6.60. The molecule has 1 aliphatic rings. The molecular formula is C7H15N3O. The zero-order chi connectivity index (χ0) is 8.10. The second-order valence-corrected chi connectivity index (χ2v) is 2.89. The van der Waals surface area contributed by atoms with Crippen molar-refractivity contribution in [2.45, 2.75) is 18.9 Å². The van der Waals surface area contributed by atoms with Crippen molar-refractivity contribution in [1.29, 1.82) is 0 Å². The Morgan fingerprint density at radius 3 is 3.09 bits per heavy atom. The maximum absolute atomic E-state index is 10.4. The van der Waals surface area contributed by atoms with Crippen LogP contribution in [0.15, 0.2) is 0 Å². The Kier molecular flexibility index (Phi) is 3.32. The summed E-state index contributed by atoms with van der Waals surface area (Å²) in [6.07, 6.45) is 2.32. The largest absolute Gasteiger partial charge is 0.369 e. The Morgan fingerprint density at radius 1 is 1.73 bits per heavy atom. The molecule has 64 valence electrons. The molecule has 1 aliphatic heterocycles. The highest BCUT2D eigenvalue weighted by Crippen LogP contribution is 1.99. The number of hydrogen-bond donors (Lipinski definition) is 3. The molecule has 1 amide bonds. The lowest BCUT2D eigenvalue weighted by Gasteiger charge is -2.23. The number of piperidine rings is 1. The van der Waals surface area contributed by atoms with E-state index in [-0.39, 0.29) is 5.91 Å². The van der Waals surface area contributed by atoms with Gasteiger partial charge in [-0.1, -0.05) is 0 Å². The Hall–Kier alpha value is -0.610. The topological polar surface area (TPSA) is 67.2 Å². The molecule has 0 aromatic rings. The van der Waals surface area contributed by atoms with Crippen LogP contribution in [0, 0.1) is 0 Å². The number of carbonyl (C=O) groups is 1. The van der Waals surface area contributed by atoms with E-state index >= 15 is 0 Å². The molecule has 1 saturated heterocycles. The molecule has 0 bridgehead atoms. The predicted octanol–water partition coefficient (Wildman–Crippen LogP) is -1.19. The Balaban J connectivity index is 2.09. The van der Waals surface area contributed by atoms with Crippen molar-refractivity contribution in [2.24, 2.45) is 5.73 Å². The van der Waals surface area contributed by atoms with E-state index in [1.165, 1.54) is 6.42 Å². The number of rotatable bonds is 3. The molecule has 0 aromatic heterocycles. The first-order valence-electron chi connectivity index (χ1n) is 4.01. The minimum Gasteiger partial charge on any atom is -0.369 e. The highest BCUT2D eigenvalue weighted by Gasteiger charge is 2.11. The Bertz CT molecular complexity index is 132. The van der Waals surface area contributed by atoms with Gasteiger partial charge in [-0.25, -0.2) is 0 Å². The van der Waals surface area contributed by atoms with Crippen LogP contribution in [0.4, 0.5) is 0 Å². The summed E-state index contributed by atoms with van der Waals surface area (Å²) in [5.41, 5.74) is 4.99. The molecule has 4 nitrogen and oxygen atoms in total. The molecule has 0 aliphatic carbocycles. The van der Waals surface area contributed by atoms with Gasteiger partial charge in [0.25, 0.3) is 0 Å². The average Bonchev–Trinajstić information content (AvgIpc) is 2.03. The summed E-state index contributed by atoms with van der Waals surface area (Å²) in [4.78, 5) is 10.4. The molecular weight excluding hydrogens is 142 g/mol. The molecule has 4 heteroatoms. The summed E-state index contributed by atoms with van der Waals surface area (Å²) in [7, 11) is 0. The van der Waals surface area contributed by atoms with Gasteiger partial charge >= 0.3 is 0 Å². The van der Waals surface area contributed by atoms with Gasteiger partial charge in [-0.3, -0.25) is 4.79 Å². The zero-order valence-corrected chi connectivity index (χ0v) is 6.60. The molecule has 0 spiro atoms. The van der Waals surface area contributed by atoms with Crippen LogP contribution in [-0.2, 0) is 4.79 Å². The van der Waals surface area contributed by atoms with E-state index in [2.05, 4.69) is 10.6 Å². The van der Waals surface area contributed by atoms with E-state index in [0.717, 1.165) is 19.5 Å². The van der Waals surface area contributed by atoms with Crippen molar-refractivity contribution in [2.75, 3.05) is 19.6 Å². The summed E-state index contributed by atoms with van der Waals surface area (Å²) < 4.78 is 0. The molecule has 0 unspecified atom stereocenters. The fourth-order valence-corrected chi connectivity index (χ4v) is 1.27. The van der Waals surface area contributed by atoms with E-state index in [9.17, 15) is 4.79 Å². The highest BCUT2D eigenvalue weighted by atomic mass is 16.1. The van der Waals surface area contributed by atoms with Crippen LogP contribution in [-0.4, -0.2) is 31.6 Å². The smallest absolute Gasteiger partial charge is 0.231 e. The number of nitrogens with two attached hydrogens (primary N) is 1. The van der Waals surface area contributed by atoms with Crippen molar-refractivity contribution in [3.05, 3.63) is 0 Å². The summed E-state index contributed by atoms with van der Waals surface area (Å²) in [6, 6.07) is 0.427. The van der Waals surface area contributed by atoms with Crippen LogP contribution >= 0.6 is 0 Å². The monoisotopic (exact) mass is 157 g/mol. The number of amides is 1. The van der Waals surface area contributed by atoms with Crippen molar-refractivity contribution in [1.82, 2.24) is 10.6 Å². The summed E-state index contributed by atoms with van der Waals surface area (Å²) in [5, 5.41) is 6.33. The van der Waals surface area contributed by atoms with Gasteiger partial charge in [0.2, 0.25) is 5.91 Å². The fourth-order valence-electron chi connectivity index (χ4n) is 1.27. The van der Waals surface area contributed by atoms with E-state index in [1.54, 1.807) is 0 Å². The first kappa shape index (κ1) is 8.49. The lowest BCUT2D eigenvalue weighted by atomic mass is 10.1. The van der Waals surface area contributed by atoms with Crippen molar-refractivity contribution in [3.63, 3.8) is 0 Å². The standard InChI is InChI=1S/C7H15N3O/c8-7(11)5-10-6-2-1-3-9-4-6/h6,9-10H,1-5H2,(H2,8,11)/t6-/m1/s1. The molecule has 1 fully saturated rings.